The van der Waals surface area contributed by atoms with E-state index in [2.05, 4.69) is 13.8 Å². The molecular formula is C29H29Rh3-9. The molecule has 0 spiro atoms. The third kappa shape index (κ3) is 24.4. The molecule has 5 aromatic rings. The second-order valence-corrected chi connectivity index (χ2v) is 5.86. The Morgan fingerprint density at radius 1 is 0.375 bits per heavy atom. The fourth-order valence-corrected chi connectivity index (χ4v) is 1.92. The number of rotatable bonds is 0. The molecule has 0 aromatic heterocycles. The summed E-state index contributed by atoms with van der Waals surface area (Å²) in [5, 5.41) is 0. The molecule has 32 heavy (non-hydrogen) atoms. The van der Waals surface area contributed by atoms with Crippen LogP contribution in [0.25, 0.3) is 0 Å². The number of hydrogen-bond donors (Lipinski definition) is 0. The Labute approximate surface area is 233 Å². The van der Waals surface area contributed by atoms with Gasteiger partial charge in [0.2, 0.25) is 0 Å². The Morgan fingerprint density at radius 3 is 0.750 bits per heavy atom. The molecule has 0 aliphatic heterocycles. The molecule has 3 heteroatoms. The van der Waals surface area contributed by atoms with E-state index in [9.17, 15) is 0 Å². The van der Waals surface area contributed by atoms with Crippen LogP contribution in [0, 0.1) is 13.8 Å². The predicted octanol–water partition coefficient (Wildman–Crippen LogP) is 7.95. The van der Waals surface area contributed by atoms with Crippen LogP contribution in [0.5, 0.6) is 0 Å². The topological polar surface area (TPSA) is 0 Å². The van der Waals surface area contributed by atoms with E-state index in [0.29, 0.717) is 0 Å². The summed E-state index contributed by atoms with van der Waals surface area (Å²) in [5.41, 5.74) is 2.14. The molecule has 0 N–H and O–H groups in total. The number of benzene rings is 2. The van der Waals surface area contributed by atoms with Crippen molar-refractivity contribution >= 4 is 0 Å². The van der Waals surface area contributed by atoms with Gasteiger partial charge in [0, 0.05) is 58.4 Å². The Kier molecular flexibility index (Phi) is 29.4. The molecule has 0 amide bonds. The standard InChI is InChI=1S/2C7H7.3C5H5.3Rh/c2*1-7-5-3-2-4-6-7;3*1-2-4-5-3-1;;;/h2*2-6H,1H2;3*1-5H;;;/q2*-1;-5;2*-1;;;. The maximum atomic E-state index is 3.72. The van der Waals surface area contributed by atoms with Crippen molar-refractivity contribution in [3.8, 4) is 0 Å². The molecule has 3 radical (unpaired) electrons. The van der Waals surface area contributed by atoms with E-state index in [-0.39, 0.29) is 58.4 Å². The van der Waals surface area contributed by atoms with Crippen molar-refractivity contribution in [2.45, 2.75) is 0 Å². The third-order valence-electron chi connectivity index (χ3n) is 3.35. The maximum Gasteiger partial charge on any atom is 0 e. The summed E-state index contributed by atoms with van der Waals surface area (Å²) in [4.78, 5) is 0. The van der Waals surface area contributed by atoms with E-state index in [0.717, 1.165) is 11.1 Å². The Morgan fingerprint density at radius 2 is 0.625 bits per heavy atom. The summed E-state index contributed by atoms with van der Waals surface area (Å²) in [6, 6.07) is 49.7. The van der Waals surface area contributed by atoms with Crippen molar-refractivity contribution in [3.05, 3.63) is 177 Å². The zero-order valence-electron chi connectivity index (χ0n) is 17.8. The molecule has 0 atom stereocenters. The van der Waals surface area contributed by atoms with E-state index in [1.165, 1.54) is 0 Å². The monoisotopic (exact) mass is 686 g/mol. The molecule has 5 rings (SSSR count). The van der Waals surface area contributed by atoms with Gasteiger partial charge in [-0.15, -0.1) is 24.3 Å². The molecule has 0 aliphatic rings. The van der Waals surface area contributed by atoms with Crippen LogP contribution in [-0.2, 0) is 58.4 Å². The van der Waals surface area contributed by atoms with Crippen molar-refractivity contribution < 1.29 is 58.4 Å². The van der Waals surface area contributed by atoms with E-state index in [4.69, 9.17) is 0 Å². The van der Waals surface area contributed by atoms with E-state index >= 15 is 0 Å². The quantitative estimate of drug-likeness (QED) is 0.115. The van der Waals surface area contributed by atoms with E-state index < -0.39 is 0 Å². The van der Waals surface area contributed by atoms with Gasteiger partial charge in [0.1, 0.15) is 0 Å². The Hall–Kier alpha value is -1.90. The van der Waals surface area contributed by atoms with Crippen molar-refractivity contribution in [2.24, 2.45) is 0 Å². The average Bonchev–Trinajstić information content (AvgIpc) is 3.58. The Balaban J connectivity index is -0.000000324. The first-order valence-corrected chi connectivity index (χ1v) is 9.53. The van der Waals surface area contributed by atoms with Crippen molar-refractivity contribution in [2.75, 3.05) is 0 Å². The van der Waals surface area contributed by atoms with Crippen molar-refractivity contribution in [1.82, 2.24) is 0 Å². The second kappa shape index (κ2) is 27.1. The summed E-state index contributed by atoms with van der Waals surface area (Å²) in [5.74, 6) is 0. The van der Waals surface area contributed by atoms with Crippen LogP contribution in [-0.4, -0.2) is 0 Å². The van der Waals surface area contributed by atoms with Crippen LogP contribution in [0.2, 0.25) is 0 Å². The van der Waals surface area contributed by atoms with Crippen LogP contribution in [0.4, 0.5) is 0 Å². The molecular weight excluding hydrogens is 657 g/mol. The second-order valence-electron chi connectivity index (χ2n) is 5.86. The summed E-state index contributed by atoms with van der Waals surface area (Å²) in [6.45, 7) is 7.44. The molecule has 0 nitrogen and oxygen atoms in total. The van der Waals surface area contributed by atoms with Crippen LogP contribution < -0.4 is 0 Å². The summed E-state index contributed by atoms with van der Waals surface area (Å²) < 4.78 is 0. The molecule has 0 aliphatic carbocycles. The van der Waals surface area contributed by atoms with E-state index in [1.807, 2.05) is 152 Å². The van der Waals surface area contributed by atoms with E-state index in [1.54, 1.807) is 0 Å². The van der Waals surface area contributed by atoms with Gasteiger partial charge in [-0.3, -0.25) is 0 Å². The first-order chi connectivity index (χ1) is 14.3. The SMILES string of the molecule is [CH2-]c1ccccc1.[CH2-]c1ccccc1.[Rh].[Rh].[Rh].[cH-]1[cH-][cH-][cH-][cH-]1.c1cc[cH-]c1.c1cc[cH-]c1. The van der Waals surface area contributed by atoms with Gasteiger partial charge >= 0.3 is 0 Å². The van der Waals surface area contributed by atoms with Gasteiger partial charge in [-0.1, -0.05) is 12.1 Å². The molecule has 181 valence electrons. The number of hydrogen-bond acceptors (Lipinski definition) is 0. The summed E-state index contributed by atoms with van der Waals surface area (Å²) >= 11 is 0. The molecule has 0 bridgehead atoms. The van der Waals surface area contributed by atoms with Crippen LogP contribution in [0.1, 0.15) is 11.1 Å². The minimum absolute atomic E-state index is 0. The molecule has 0 fully saturated rings. The predicted molar refractivity (Wildman–Crippen MR) is 128 cm³/mol. The van der Waals surface area contributed by atoms with Crippen LogP contribution in [0.15, 0.2) is 152 Å². The third-order valence-corrected chi connectivity index (χ3v) is 3.35. The molecule has 0 saturated carbocycles. The van der Waals surface area contributed by atoms with Crippen LogP contribution in [0.3, 0.4) is 0 Å². The fourth-order valence-electron chi connectivity index (χ4n) is 1.92. The minimum atomic E-state index is 0. The van der Waals surface area contributed by atoms with Gasteiger partial charge < -0.3 is 30.3 Å². The Bertz CT molecular complexity index is 697. The smallest absolute Gasteiger partial charge is 0 e. The van der Waals surface area contributed by atoms with Gasteiger partial charge in [-0.25, -0.2) is 24.3 Å². The van der Waals surface area contributed by atoms with Crippen LogP contribution >= 0.6 is 0 Å². The van der Waals surface area contributed by atoms with Gasteiger partial charge in [0.15, 0.2) is 0 Å². The zero-order chi connectivity index (χ0) is 20.8. The largest absolute Gasteiger partial charge is 0.748 e. The maximum absolute atomic E-state index is 3.72. The summed E-state index contributed by atoms with van der Waals surface area (Å²) in [7, 11) is 0. The first kappa shape index (κ1) is 34.7. The normalized spacial score (nSPS) is 7.50. The van der Waals surface area contributed by atoms with Gasteiger partial charge in [-0.2, -0.15) is 85.6 Å². The summed E-state index contributed by atoms with van der Waals surface area (Å²) in [6.07, 6.45) is 0. The van der Waals surface area contributed by atoms with Gasteiger partial charge in [0.25, 0.3) is 0 Å². The molecule has 0 heterocycles. The van der Waals surface area contributed by atoms with Crippen molar-refractivity contribution in [3.63, 3.8) is 0 Å². The van der Waals surface area contributed by atoms with Gasteiger partial charge in [-0.05, 0) is 0 Å². The van der Waals surface area contributed by atoms with Crippen molar-refractivity contribution in [1.29, 1.82) is 0 Å². The molecule has 0 saturated heterocycles. The molecule has 0 unspecified atom stereocenters. The average molecular weight is 686 g/mol. The minimum Gasteiger partial charge on any atom is -0.748 e. The molecule has 5 aromatic carbocycles. The fraction of sp³-hybridized carbons (Fsp3) is 0. The first-order valence-electron chi connectivity index (χ1n) is 9.53. The zero-order valence-corrected chi connectivity index (χ0v) is 22.8. The van der Waals surface area contributed by atoms with Gasteiger partial charge in [0.05, 0.1) is 0 Å².